The molecule has 1 atom stereocenters. The Morgan fingerprint density at radius 2 is 1.88 bits per heavy atom. The van der Waals surface area contributed by atoms with E-state index in [1.807, 2.05) is 26.0 Å². The van der Waals surface area contributed by atoms with Crippen LogP contribution < -0.4 is 4.74 Å². The van der Waals surface area contributed by atoms with Crippen molar-refractivity contribution in [3.8, 4) is 5.75 Å². The van der Waals surface area contributed by atoms with Crippen LogP contribution in [0.4, 0.5) is 0 Å². The van der Waals surface area contributed by atoms with Crippen molar-refractivity contribution in [2.75, 3.05) is 13.7 Å². The smallest absolute Gasteiger partial charge is 0.122 e. The number of rotatable bonds is 6. The maximum absolute atomic E-state index is 10.1. The normalized spacial score (nSPS) is 12.5. The average Bonchev–Trinajstić information content (AvgIpc) is 2.31. The molecule has 17 heavy (non-hydrogen) atoms. The average molecular weight is 238 g/mol. The van der Waals surface area contributed by atoms with Crippen LogP contribution in [0.3, 0.4) is 0 Å². The summed E-state index contributed by atoms with van der Waals surface area (Å²) < 4.78 is 5.24. The lowest BCUT2D eigenvalue weighted by Crippen LogP contribution is -2.02. The van der Waals surface area contributed by atoms with Crippen LogP contribution in [0.25, 0.3) is 0 Å². The first kappa shape index (κ1) is 14.0. The van der Waals surface area contributed by atoms with Gasteiger partial charge in [0.1, 0.15) is 5.75 Å². The van der Waals surface area contributed by atoms with Gasteiger partial charge in [-0.2, -0.15) is 0 Å². The van der Waals surface area contributed by atoms with E-state index >= 15 is 0 Å². The molecular formula is C14H22O3. The van der Waals surface area contributed by atoms with Gasteiger partial charge in [0.25, 0.3) is 0 Å². The van der Waals surface area contributed by atoms with Gasteiger partial charge in [-0.25, -0.2) is 0 Å². The third kappa shape index (κ3) is 3.72. The number of hydrogen-bond donors (Lipinski definition) is 2. The fourth-order valence-corrected chi connectivity index (χ4v) is 2.00. The molecule has 3 nitrogen and oxygen atoms in total. The van der Waals surface area contributed by atoms with Gasteiger partial charge >= 0.3 is 0 Å². The highest BCUT2D eigenvalue weighted by Gasteiger charge is 2.12. The lowest BCUT2D eigenvalue weighted by atomic mass is 9.97. The second-order valence-corrected chi connectivity index (χ2v) is 4.41. The Kier molecular flexibility index (Phi) is 5.45. The van der Waals surface area contributed by atoms with Gasteiger partial charge in [0, 0.05) is 6.61 Å². The van der Waals surface area contributed by atoms with Crippen LogP contribution in [0.2, 0.25) is 0 Å². The number of aliphatic hydroxyl groups is 2. The summed E-state index contributed by atoms with van der Waals surface area (Å²) >= 11 is 0. The number of aryl methyl sites for hydroxylation is 2. The lowest BCUT2D eigenvalue weighted by molar-refractivity contribution is 0.158. The Morgan fingerprint density at radius 3 is 2.47 bits per heavy atom. The molecule has 1 unspecified atom stereocenters. The van der Waals surface area contributed by atoms with Crippen molar-refractivity contribution < 1.29 is 14.9 Å². The van der Waals surface area contributed by atoms with E-state index in [4.69, 9.17) is 9.84 Å². The Labute approximate surface area is 103 Å². The summed E-state index contributed by atoms with van der Waals surface area (Å²) in [7, 11) is 1.65. The molecule has 0 radical (unpaired) electrons. The van der Waals surface area contributed by atoms with E-state index in [2.05, 4.69) is 0 Å². The first-order valence-electron chi connectivity index (χ1n) is 6.04. The summed E-state index contributed by atoms with van der Waals surface area (Å²) in [6.45, 7) is 4.14. The number of methoxy groups -OCH3 is 1. The monoisotopic (exact) mass is 238 g/mol. The Bertz CT molecular complexity index is 361. The molecule has 0 saturated heterocycles. The van der Waals surface area contributed by atoms with Crippen molar-refractivity contribution in [3.05, 3.63) is 28.8 Å². The van der Waals surface area contributed by atoms with E-state index < -0.39 is 6.10 Å². The van der Waals surface area contributed by atoms with Crippen LogP contribution in [0, 0.1) is 13.8 Å². The predicted molar refractivity (Wildman–Crippen MR) is 68.4 cm³/mol. The van der Waals surface area contributed by atoms with Crippen molar-refractivity contribution in [1.82, 2.24) is 0 Å². The molecule has 0 aromatic heterocycles. The molecule has 0 aliphatic rings. The summed E-state index contributed by atoms with van der Waals surface area (Å²) in [4.78, 5) is 0. The third-order valence-electron chi connectivity index (χ3n) is 3.03. The minimum atomic E-state index is -0.453. The summed E-state index contributed by atoms with van der Waals surface area (Å²) in [5, 5.41) is 18.8. The molecule has 3 heteroatoms. The molecule has 96 valence electrons. The zero-order chi connectivity index (χ0) is 12.8. The Balaban J connectivity index is 2.79. The molecule has 0 spiro atoms. The fourth-order valence-electron chi connectivity index (χ4n) is 2.00. The van der Waals surface area contributed by atoms with Gasteiger partial charge in [0.15, 0.2) is 0 Å². The standard InChI is InChI=1S/C14H22O3/c1-10-9-14(17-3)11(2)8-12(10)13(16)6-4-5-7-15/h8-9,13,15-16H,4-7H2,1-3H3. The molecule has 1 aromatic rings. The first-order valence-corrected chi connectivity index (χ1v) is 6.04. The molecule has 0 aliphatic heterocycles. The largest absolute Gasteiger partial charge is 0.496 e. The molecule has 0 aliphatic carbocycles. The van der Waals surface area contributed by atoms with Crippen molar-refractivity contribution in [2.24, 2.45) is 0 Å². The van der Waals surface area contributed by atoms with Gasteiger partial charge in [-0.3, -0.25) is 0 Å². The Hall–Kier alpha value is -1.06. The van der Waals surface area contributed by atoms with Gasteiger partial charge < -0.3 is 14.9 Å². The van der Waals surface area contributed by atoms with E-state index in [0.29, 0.717) is 6.42 Å². The van der Waals surface area contributed by atoms with Crippen molar-refractivity contribution >= 4 is 0 Å². The van der Waals surface area contributed by atoms with E-state index in [1.165, 1.54) is 0 Å². The highest BCUT2D eigenvalue weighted by atomic mass is 16.5. The minimum absolute atomic E-state index is 0.188. The molecule has 0 bridgehead atoms. The minimum Gasteiger partial charge on any atom is -0.496 e. The number of unbranched alkanes of at least 4 members (excludes halogenated alkanes) is 1. The van der Waals surface area contributed by atoms with Gasteiger partial charge in [-0.1, -0.05) is 0 Å². The maximum atomic E-state index is 10.1. The molecule has 0 heterocycles. The van der Waals surface area contributed by atoms with E-state index in [0.717, 1.165) is 35.3 Å². The number of ether oxygens (including phenoxy) is 1. The SMILES string of the molecule is COc1cc(C)c(C(O)CCCCO)cc1C. The van der Waals surface area contributed by atoms with Crippen LogP contribution in [-0.2, 0) is 0 Å². The second-order valence-electron chi connectivity index (χ2n) is 4.41. The highest BCUT2D eigenvalue weighted by molar-refractivity contribution is 5.42. The van der Waals surface area contributed by atoms with Gasteiger partial charge in [0.05, 0.1) is 13.2 Å². The van der Waals surface area contributed by atoms with Crippen LogP contribution in [-0.4, -0.2) is 23.9 Å². The molecule has 0 amide bonds. The molecular weight excluding hydrogens is 216 g/mol. The molecule has 0 saturated carbocycles. The van der Waals surface area contributed by atoms with Gasteiger partial charge in [-0.15, -0.1) is 0 Å². The molecule has 2 N–H and O–H groups in total. The topological polar surface area (TPSA) is 49.7 Å². The number of benzene rings is 1. The Morgan fingerprint density at radius 1 is 1.18 bits per heavy atom. The van der Waals surface area contributed by atoms with Crippen LogP contribution in [0.1, 0.15) is 42.1 Å². The zero-order valence-electron chi connectivity index (χ0n) is 10.9. The summed E-state index contributed by atoms with van der Waals surface area (Å²) in [6.07, 6.45) is 1.81. The molecule has 1 rings (SSSR count). The highest BCUT2D eigenvalue weighted by Crippen LogP contribution is 2.28. The lowest BCUT2D eigenvalue weighted by Gasteiger charge is -2.16. The van der Waals surface area contributed by atoms with Crippen LogP contribution >= 0.6 is 0 Å². The van der Waals surface area contributed by atoms with Crippen molar-refractivity contribution in [3.63, 3.8) is 0 Å². The number of aliphatic hydroxyl groups excluding tert-OH is 2. The molecule has 1 aromatic carbocycles. The van der Waals surface area contributed by atoms with Crippen LogP contribution in [0.5, 0.6) is 5.75 Å². The quantitative estimate of drug-likeness (QED) is 0.749. The number of hydrogen-bond acceptors (Lipinski definition) is 3. The maximum Gasteiger partial charge on any atom is 0.122 e. The van der Waals surface area contributed by atoms with Crippen LogP contribution in [0.15, 0.2) is 12.1 Å². The zero-order valence-corrected chi connectivity index (χ0v) is 10.9. The summed E-state index contributed by atoms with van der Waals surface area (Å²) in [5.74, 6) is 0.855. The van der Waals surface area contributed by atoms with Gasteiger partial charge in [0.2, 0.25) is 0 Å². The van der Waals surface area contributed by atoms with Crippen molar-refractivity contribution in [1.29, 1.82) is 0 Å². The molecule has 0 fully saturated rings. The summed E-state index contributed by atoms with van der Waals surface area (Å²) in [5.41, 5.74) is 3.04. The predicted octanol–water partition coefficient (Wildman–Crippen LogP) is 2.51. The summed E-state index contributed by atoms with van der Waals surface area (Å²) in [6, 6.07) is 3.94. The van der Waals surface area contributed by atoms with Crippen molar-refractivity contribution in [2.45, 2.75) is 39.2 Å². The van der Waals surface area contributed by atoms with E-state index in [1.54, 1.807) is 7.11 Å². The van der Waals surface area contributed by atoms with E-state index in [9.17, 15) is 5.11 Å². The van der Waals surface area contributed by atoms with Gasteiger partial charge in [-0.05, 0) is 61.9 Å². The first-order chi connectivity index (χ1) is 8.10. The third-order valence-corrected chi connectivity index (χ3v) is 3.03. The second kappa shape index (κ2) is 6.62. The fraction of sp³-hybridized carbons (Fsp3) is 0.571. The van der Waals surface area contributed by atoms with E-state index in [-0.39, 0.29) is 6.61 Å².